The second-order valence-corrected chi connectivity index (χ2v) is 9.29. The Kier molecular flexibility index (Phi) is 5.87. The molecule has 0 radical (unpaired) electrons. The van der Waals surface area contributed by atoms with Gasteiger partial charge in [-0.2, -0.15) is 9.78 Å². The van der Waals surface area contributed by atoms with Crippen molar-refractivity contribution < 1.29 is 9.18 Å². The smallest absolute Gasteiger partial charge is 0.226 e. The predicted octanol–water partition coefficient (Wildman–Crippen LogP) is 5.67. The molecule has 0 fully saturated rings. The molecule has 8 heteroatoms. The summed E-state index contributed by atoms with van der Waals surface area (Å²) in [6.45, 7) is 6.01. The number of aromatic nitrogens is 3. The molecule has 0 atom stereocenters. The van der Waals surface area contributed by atoms with Gasteiger partial charge in [0.05, 0.1) is 15.9 Å². The summed E-state index contributed by atoms with van der Waals surface area (Å²) in [5.74, 6) is 0.849. The van der Waals surface area contributed by atoms with Crippen LogP contribution >= 0.6 is 23.1 Å². The number of nitrogens with zero attached hydrogens (tertiary/aromatic N) is 3. The average molecular weight is 441 g/mol. The topological polar surface area (TPSA) is 59.8 Å². The first-order valence-electron chi connectivity index (χ1n) is 9.52. The van der Waals surface area contributed by atoms with Crippen LogP contribution in [0.3, 0.4) is 0 Å². The number of fused-ring (bicyclic) bond motifs is 1. The summed E-state index contributed by atoms with van der Waals surface area (Å²) < 4.78 is 15.8. The zero-order chi connectivity index (χ0) is 21.3. The van der Waals surface area contributed by atoms with E-state index in [4.69, 9.17) is 4.98 Å². The van der Waals surface area contributed by atoms with Gasteiger partial charge in [-0.1, -0.05) is 17.4 Å². The highest BCUT2D eigenvalue weighted by Crippen LogP contribution is 2.30. The van der Waals surface area contributed by atoms with E-state index in [0.29, 0.717) is 18.0 Å². The van der Waals surface area contributed by atoms with Crippen LogP contribution in [-0.4, -0.2) is 26.4 Å². The Bertz CT molecular complexity index is 1210. The van der Waals surface area contributed by atoms with E-state index in [-0.39, 0.29) is 11.7 Å². The minimum absolute atomic E-state index is 0.0982. The first kappa shape index (κ1) is 20.6. The van der Waals surface area contributed by atoms with Crippen LogP contribution in [-0.2, 0) is 4.79 Å². The Morgan fingerprint density at radius 2 is 1.93 bits per heavy atom. The van der Waals surface area contributed by atoms with Crippen LogP contribution < -0.4 is 5.32 Å². The maximum Gasteiger partial charge on any atom is 0.226 e. The minimum atomic E-state index is -0.263. The van der Waals surface area contributed by atoms with Crippen molar-refractivity contribution in [2.75, 3.05) is 11.1 Å². The number of benzene rings is 2. The number of thiazole rings is 1. The molecule has 2 aromatic carbocycles. The van der Waals surface area contributed by atoms with Gasteiger partial charge in [0, 0.05) is 23.1 Å². The number of amides is 1. The lowest BCUT2D eigenvalue weighted by Crippen LogP contribution is -2.15. The molecule has 0 unspecified atom stereocenters. The van der Waals surface area contributed by atoms with Crippen molar-refractivity contribution in [2.45, 2.75) is 32.1 Å². The summed E-state index contributed by atoms with van der Waals surface area (Å²) in [4.78, 5) is 18.2. The zero-order valence-electron chi connectivity index (χ0n) is 16.9. The Hall–Kier alpha value is -2.71. The van der Waals surface area contributed by atoms with E-state index in [1.54, 1.807) is 28.2 Å². The number of carbonyl (C=O) groups is 1. The summed E-state index contributed by atoms with van der Waals surface area (Å²) in [7, 11) is 0. The summed E-state index contributed by atoms with van der Waals surface area (Å²) >= 11 is 3.07. The third-order valence-corrected chi connectivity index (χ3v) is 6.50. The highest BCUT2D eigenvalue weighted by Gasteiger charge is 2.15. The Morgan fingerprint density at radius 1 is 1.17 bits per heavy atom. The number of rotatable bonds is 6. The van der Waals surface area contributed by atoms with Crippen molar-refractivity contribution >= 4 is 45.0 Å². The second-order valence-electron chi connectivity index (χ2n) is 7.11. The van der Waals surface area contributed by atoms with Gasteiger partial charge in [-0.3, -0.25) is 4.79 Å². The fraction of sp³-hybridized carbons (Fsp3) is 0.227. The van der Waals surface area contributed by atoms with Gasteiger partial charge in [0.15, 0.2) is 0 Å². The molecule has 0 aliphatic carbocycles. The molecule has 0 saturated carbocycles. The Balaban J connectivity index is 1.47. The van der Waals surface area contributed by atoms with E-state index < -0.39 is 0 Å². The van der Waals surface area contributed by atoms with Gasteiger partial charge < -0.3 is 5.32 Å². The van der Waals surface area contributed by atoms with Crippen LogP contribution in [0.15, 0.2) is 47.4 Å². The van der Waals surface area contributed by atoms with Gasteiger partial charge in [-0.05, 0) is 62.2 Å². The molecular weight excluding hydrogens is 419 g/mol. The lowest BCUT2D eigenvalue weighted by molar-refractivity contribution is -0.115. The van der Waals surface area contributed by atoms with E-state index >= 15 is 0 Å². The maximum absolute atomic E-state index is 13.0. The second kappa shape index (κ2) is 8.57. The molecule has 4 aromatic rings. The molecular formula is C22H21FN4OS2. The molecule has 2 aromatic heterocycles. The van der Waals surface area contributed by atoms with Crippen molar-refractivity contribution in [3.8, 4) is 5.13 Å². The molecule has 154 valence electrons. The van der Waals surface area contributed by atoms with Crippen LogP contribution in [0.1, 0.15) is 23.2 Å². The Labute approximate surface area is 182 Å². The summed E-state index contributed by atoms with van der Waals surface area (Å²) in [5, 5.41) is 8.20. The number of hydrogen-bond acceptors (Lipinski definition) is 5. The van der Waals surface area contributed by atoms with Gasteiger partial charge >= 0.3 is 0 Å². The summed E-state index contributed by atoms with van der Waals surface area (Å²) in [5.41, 5.74) is 4.08. The number of nitrogens with one attached hydrogen (secondary N) is 1. The van der Waals surface area contributed by atoms with Crippen molar-refractivity contribution in [1.82, 2.24) is 14.8 Å². The molecule has 5 nitrogen and oxygen atoms in total. The Morgan fingerprint density at radius 3 is 2.70 bits per heavy atom. The summed E-state index contributed by atoms with van der Waals surface area (Å²) in [6.07, 6.45) is 0.338. The van der Waals surface area contributed by atoms with Gasteiger partial charge in [-0.15, -0.1) is 11.8 Å². The van der Waals surface area contributed by atoms with E-state index in [0.717, 1.165) is 31.5 Å². The average Bonchev–Trinajstić information content (AvgIpc) is 3.26. The number of halogens is 1. The van der Waals surface area contributed by atoms with Crippen molar-refractivity contribution in [2.24, 2.45) is 0 Å². The molecule has 0 aliphatic rings. The van der Waals surface area contributed by atoms with Crippen LogP contribution in [0.4, 0.5) is 10.2 Å². The molecule has 30 heavy (non-hydrogen) atoms. The van der Waals surface area contributed by atoms with E-state index in [1.165, 1.54) is 29.5 Å². The zero-order valence-corrected chi connectivity index (χ0v) is 18.5. The molecule has 0 saturated heterocycles. The number of hydrogen-bond donors (Lipinski definition) is 1. The van der Waals surface area contributed by atoms with Gasteiger partial charge in [0.25, 0.3) is 0 Å². The molecule has 0 aliphatic heterocycles. The molecule has 0 spiro atoms. The monoisotopic (exact) mass is 440 g/mol. The quantitative estimate of drug-likeness (QED) is 0.393. The molecule has 4 rings (SSSR count). The fourth-order valence-electron chi connectivity index (χ4n) is 3.18. The van der Waals surface area contributed by atoms with E-state index in [1.807, 2.05) is 13.0 Å². The first-order valence-corrected chi connectivity index (χ1v) is 11.3. The fourth-order valence-corrected chi connectivity index (χ4v) is 5.14. The highest BCUT2D eigenvalue weighted by molar-refractivity contribution is 7.99. The van der Waals surface area contributed by atoms with Gasteiger partial charge in [-0.25, -0.2) is 9.37 Å². The largest absolute Gasteiger partial charge is 0.310 e. The third-order valence-electron chi connectivity index (χ3n) is 4.51. The van der Waals surface area contributed by atoms with Crippen molar-refractivity contribution in [3.63, 3.8) is 0 Å². The highest BCUT2D eigenvalue weighted by atomic mass is 32.2. The number of carbonyl (C=O) groups excluding carboxylic acids is 1. The van der Waals surface area contributed by atoms with Crippen LogP contribution in [0.25, 0.3) is 15.3 Å². The standard InChI is InChI=1S/C22H21FN4OS2/c1-13-10-14(2)21-18(11-13)30-22(25-21)27-19(12-15(3)26-27)24-20(28)8-9-29-17-6-4-16(23)5-7-17/h4-7,10-12H,8-9H2,1-3H3,(H,24,28). The lowest BCUT2D eigenvalue weighted by atomic mass is 10.1. The number of thioether (sulfide) groups is 1. The maximum atomic E-state index is 13.0. The van der Waals surface area contributed by atoms with Crippen LogP contribution in [0.2, 0.25) is 0 Å². The summed E-state index contributed by atoms with van der Waals surface area (Å²) in [6, 6.07) is 12.3. The first-order chi connectivity index (χ1) is 14.4. The SMILES string of the molecule is Cc1cc(C)c2nc(-n3nc(C)cc3NC(=O)CCSc3ccc(F)cc3)sc2c1. The van der Waals surface area contributed by atoms with Crippen LogP contribution in [0.5, 0.6) is 0 Å². The minimum Gasteiger partial charge on any atom is -0.310 e. The molecule has 0 bridgehead atoms. The molecule has 1 N–H and O–H groups in total. The van der Waals surface area contributed by atoms with E-state index in [2.05, 4.69) is 36.4 Å². The van der Waals surface area contributed by atoms with Gasteiger partial charge in [0.1, 0.15) is 11.6 Å². The third kappa shape index (κ3) is 4.55. The van der Waals surface area contributed by atoms with E-state index in [9.17, 15) is 9.18 Å². The number of anilines is 1. The van der Waals surface area contributed by atoms with Gasteiger partial charge in [0.2, 0.25) is 11.0 Å². The van der Waals surface area contributed by atoms with Crippen molar-refractivity contribution in [3.05, 3.63) is 65.1 Å². The van der Waals surface area contributed by atoms with Crippen molar-refractivity contribution in [1.29, 1.82) is 0 Å². The van der Waals surface area contributed by atoms with Crippen LogP contribution in [0, 0.1) is 26.6 Å². The lowest BCUT2D eigenvalue weighted by Gasteiger charge is -2.06. The number of aryl methyl sites for hydroxylation is 3. The molecule has 1 amide bonds. The predicted molar refractivity (Wildman–Crippen MR) is 121 cm³/mol. The molecule has 2 heterocycles. The normalized spacial score (nSPS) is 11.2.